The Hall–Kier alpha value is -1.50. The third kappa shape index (κ3) is 4.03. The molecule has 0 saturated carbocycles. The Balaban J connectivity index is 2.35. The van der Waals surface area contributed by atoms with Gasteiger partial charge in [0.1, 0.15) is 10.7 Å². The standard InChI is InChI=1S/C15H13ClFNO2S2/c1-2-9-21-14-6-4-3-5-13(14)18-22(19,20)15-8-7-11(17)10-12(15)16/h2-8,10,18H,1,9H2. The number of hydrogen-bond donors (Lipinski definition) is 1. The maximum atomic E-state index is 13.1. The maximum absolute atomic E-state index is 13.1. The van der Waals surface area contributed by atoms with Crippen LogP contribution in [0.4, 0.5) is 10.1 Å². The molecular weight excluding hydrogens is 345 g/mol. The SMILES string of the molecule is C=CCSc1ccccc1NS(=O)(=O)c1ccc(F)cc1Cl. The lowest BCUT2D eigenvalue weighted by Gasteiger charge is -2.12. The van der Waals surface area contributed by atoms with Gasteiger partial charge in [0.05, 0.1) is 10.7 Å². The van der Waals surface area contributed by atoms with Crippen LogP contribution in [0.3, 0.4) is 0 Å². The van der Waals surface area contributed by atoms with Crippen LogP contribution >= 0.6 is 23.4 Å². The summed E-state index contributed by atoms with van der Waals surface area (Å²) in [6, 6.07) is 10.2. The highest BCUT2D eigenvalue weighted by Crippen LogP contribution is 2.30. The molecule has 0 heterocycles. The van der Waals surface area contributed by atoms with Crippen molar-refractivity contribution in [3.8, 4) is 0 Å². The van der Waals surface area contributed by atoms with Gasteiger partial charge in [-0.2, -0.15) is 0 Å². The number of thioether (sulfide) groups is 1. The summed E-state index contributed by atoms with van der Waals surface area (Å²) in [7, 11) is -3.90. The third-order valence-corrected chi connectivity index (χ3v) is 5.59. The average Bonchev–Trinajstić information content (AvgIpc) is 2.45. The largest absolute Gasteiger partial charge is 0.278 e. The molecule has 0 bridgehead atoms. The van der Waals surface area contributed by atoms with Gasteiger partial charge in [-0.1, -0.05) is 29.8 Å². The normalized spacial score (nSPS) is 11.2. The molecule has 0 atom stereocenters. The van der Waals surface area contributed by atoms with E-state index in [1.807, 2.05) is 6.07 Å². The van der Waals surface area contributed by atoms with Crippen molar-refractivity contribution < 1.29 is 12.8 Å². The topological polar surface area (TPSA) is 46.2 Å². The van der Waals surface area contributed by atoms with Gasteiger partial charge in [0.25, 0.3) is 10.0 Å². The van der Waals surface area contributed by atoms with E-state index in [2.05, 4.69) is 11.3 Å². The molecule has 0 aromatic heterocycles. The predicted molar refractivity (Wildman–Crippen MR) is 89.6 cm³/mol. The lowest BCUT2D eigenvalue weighted by atomic mass is 10.3. The number of hydrogen-bond acceptors (Lipinski definition) is 3. The van der Waals surface area contributed by atoms with Crippen molar-refractivity contribution in [3.63, 3.8) is 0 Å². The Bertz CT molecular complexity index is 794. The highest BCUT2D eigenvalue weighted by Gasteiger charge is 2.19. The van der Waals surface area contributed by atoms with Crippen LogP contribution in [0.1, 0.15) is 0 Å². The van der Waals surface area contributed by atoms with Crippen molar-refractivity contribution in [2.45, 2.75) is 9.79 Å². The smallest absolute Gasteiger partial charge is 0.263 e. The zero-order chi connectivity index (χ0) is 16.2. The fourth-order valence-electron chi connectivity index (χ4n) is 1.72. The van der Waals surface area contributed by atoms with E-state index in [0.29, 0.717) is 11.4 Å². The molecule has 0 unspecified atom stereocenters. The van der Waals surface area contributed by atoms with Crippen molar-refractivity contribution in [2.24, 2.45) is 0 Å². The molecule has 22 heavy (non-hydrogen) atoms. The van der Waals surface area contributed by atoms with E-state index in [4.69, 9.17) is 11.6 Å². The first-order valence-electron chi connectivity index (χ1n) is 6.24. The van der Waals surface area contributed by atoms with Gasteiger partial charge in [0, 0.05) is 10.6 Å². The molecule has 1 N–H and O–H groups in total. The number of halogens is 2. The van der Waals surface area contributed by atoms with E-state index in [1.165, 1.54) is 11.8 Å². The monoisotopic (exact) mass is 357 g/mol. The molecule has 0 aliphatic rings. The molecule has 0 aliphatic carbocycles. The lowest BCUT2D eigenvalue weighted by molar-refractivity contribution is 0.599. The molecular formula is C15H13ClFNO2S2. The number of rotatable bonds is 6. The molecule has 7 heteroatoms. The summed E-state index contributed by atoms with van der Waals surface area (Å²) in [5.74, 6) is 0.0571. The van der Waals surface area contributed by atoms with Gasteiger partial charge in [-0.25, -0.2) is 12.8 Å². The highest BCUT2D eigenvalue weighted by molar-refractivity contribution is 7.99. The van der Waals surface area contributed by atoms with Crippen molar-refractivity contribution in [3.05, 3.63) is 66.0 Å². The zero-order valence-electron chi connectivity index (χ0n) is 11.4. The van der Waals surface area contributed by atoms with Gasteiger partial charge in [-0.3, -0.25) is 4.72 Å². The van der Waals surface area contributed by atoms with Crippen LogP contribution in [0.2, 0.25) is 5.02 Å². The molecule has 0 radical (unpaired) electrons. The second-order valence-corrected chi connectivity index (χ2v) is 7.40. The predicted octanol–water partition coefficient (Wildman–Crippen LogP) is 4.56. The maximum Gasteiger partial charge on any atom is 0.263 e. The van der Waals surface area contributed by atoms with Gasteiger partial charge >= 0.3 is 0 Å². The van der Waals surface area contributed by atoms with Crippen LogP contribution in [-0.4, -0.2) is 14.2 Å². The van der Waals surface area contributed by atoms with E-state index in [9.17, 15) is 12.8 Å². The van der Waals surface area contributed by atoms with E-state index in [-0.39, 0.29) is 9.92 Å². The van der Waals surface area contributed by atoms with Crippen LogP contribution in [0, 0.1) is 5.82 Å². The minimum Gasteiger partial charge on any atom is -0.278 e. The summed E-state index contributed by atoms with van der Waals surface area (Å²) < 4.78 is 40.4. The van der Waals surface area contributed by atoms with Crippen LogP contribution in [0.15, 0.2) is 64.9 Å². The minimum atomic E-state index is -3.90. The summed E-state index contributed by atoms with van der Waals surface area (Å²) in [5.41, 5.74) is 0.440. The quantitative estimate of drug-likeness (QED) is 0.609. The summed E-state index contributed by atoms with van der Waals surface area (Å²) in [4.78, 5) is 0.600. The van der Waals surface area contributed by atoms with Gasteiger partial charge < -0.3 is 0 Å². The molecule has 0 saturated heterocycles. The second kappa shape index (κ2) is 7.17. The van der Waals surface area contributed by atoms with Gasteiger partial charge in [0.2, 0.25) is 0 Å². The van der Waals surface area contributed by atoms with Crippen LogP contribution in [0.5, 0.6) is 0 Å². The molecule has 0 fully saturated rings. The fourth-order valence-corrected chi connectivity index (χ4v) is 4.14. The zero-order valence-corrected chi connectivity index (χ0v) is 13.8. The Morgan fingerprint density at radius 2 is 2.00 bits per heavy atom. The van der Waals surface area contributed by atoms with Crippen LogP contribution in [-0.2, 0) is 10.0 Å². The van der Waals surface area contributed by atoms with Crippen molar-refractivity contribution in [2.75, 3.05) is 10.5 Å². The Kier molecular flexibility index (Phi) is 5.50. The third-order valence-electron chi connectivity index (χ3n) is 2.67. The summed E-state index contributed by atoms with van der Waals surface area (Å²) >= 11 is 7.28. The van der Waals surface area contributed by atoms with Crippen LogP contribution < -0.4 is 4.72 Å². The molecule has 2 aromatic rings. The Morgan fingerprint density at radius 3 is 2.68 bits per heavy atom. The Labute approximate surface area is 138 Å². The first kappa shape index (κ1) is 16.9. The van der Waals surface area contributed by atoms with Crippen molar-refractivity contribution >= 4 is 39.1 Å². The summed E-state index contributed by atoms with van der Waals surface area (Å²) in [6.07, 6.45) is 1.73. The van der Waals surface area contributed by atoms with Gasteiger partial charge in [-0.05, 0) is 30.3 Å². The second-order valence-electron chi connectivity index (χ2n) is 4.28. The van der Waals surface area contributed by atoms with Crippen molar-refractivity contribution in [1.29, 1.82) is 0 Å². The van der Waals surface area contributed by atoms with Gasteiger partial charge in [-0.15, -0.1) is 18.3 Å². The fraction of sp³-hybridized carbons (Fsp3) is 0.0667. The van der Waals surface area contributed by atoms with Gasteiger partial charge in [0.15, 0.2) is 0 Å². The first-order valence-corrected chi connectivity index (χ1v) is 9.09. The molecule has 0 spiro atoms. The van der Waals surface area contributed by atoms with Crippen LogP contribution in [0.25, 0.3) is 0 Å². The molecule has 116 valence electrons. The molecule has 0 amide bonds. The summed E-state index contributed by atoms with van der Waals surface area (Å²) in [6.45, 7) is 3.63. The number of para-hydroxylation sites is 1. The first-order chi connectivity index (χ1) is 10.4. The van der Waals surface area contributed by atoms with Crippen molar-refractivity contribution in [1.82, 2.24) is 0 Å². The molecule has 0 aliphatic heterocycles. The molecule has 2 rings (SSSR count). The Morgan fingerprint density at radius 1 is 1.27 bits per heavy atom. The van der Waals surface area contributed by atoms with E-state index < -0.39 is 15.8 Å². The van der Waals surface area contributed by atoms with E-state index >= 15 is 0 Å². The average molecular weight is 358 g/mol. The van der Waals surface area contributed by atoms with E-state index in [0.717, 1.165) is 23.1 Å². The lowest BCUT2D eigenvalue weighted by Crippen LogP contribution is -2.14. The number of benzene rings is 2. The van der Waals surface area contributed by atoms with E-state index in [1.54, 1.807) is 24.3 Å². The number of anilines is 1. The highest BCUT2D eigenvalue weighted by atomic mass is 35.5. The molecule has 3 nitrogen and oxygen atoms in total. The number of nitrogens with one attached hydrogen (secondary N) is 1. The molecule has 2 aromatic carbocycles. The number of sulfonamides is 1. The minimum absolute atomic E-state index is 0.163. The summed E-state index contributed by atoms with van der Waals surface area (Å²) in [5, 5.41) is -0.163.